The van der Waals surface area contributed by atoms with Crippen molar-refractivity contribution in [3.05, 3.63) is 59.7 Å². The van der Waals surface area contributed by atoms with Gasteiger partial charge in [0.15, 0.2) is 0 Å². The summed E-state index contributed by atoms with van der Waals surface area (Å²) in [6.07, 6.45) is 0.789. The van der Waals surface area contributed by atoms with Gasteiger partial charge in [-0.15, -0.1) is 0 Å². The Morgan fingerprint density at radius 3 is 2.54 bits per heavy atom. The van der Waals surface area contributed by atoms with Crippen molar-refractivity contribution in [2.75, 3.05) is 12.4 Å². The van der Waals surface area contributed by atoms with E-state index in [0.29, 0.717) is 24.1 Å². The number of amides is 2. The van der Waals surface area contributed by atoms with Crippen LogP contribution >= 0.6 is 0 Å². The van der Waals surface area contributed by atoms with Gasteiger partial charge in [-0.25, -0.2) is 8.42 Å². The molecule has 1 aliphatic rings. The number of nitrogens with one attached hydrogen (secondary N) is 3. The van der Waals surface area contributed by atoms with Gasteiger partial charge in [0, 0.05) is 19.2 Å². The number of hydrogen-bond acceptors (Lipinski definition) is 4. The topological polar surface area (TPSA) is 104 Å². The van der Waals surface area contributed by atoms with E-state index >= 15 is 0 Å². The number of hydrogen-bond donors (Lipinski definition) is 3. The van der Waals surface area contributed by atoms with Crippen molar-refractivity contribution in [1.29, 1.82) is 0 Å². The Kier molecular flexibility index (Phi) is 5.06. The first-order valence-electron chi connectivity index (χ1n) is 8.12. The van der Waals surface area contributed by atoms with Crippen molar-refractivity contribution in [3.8, 4) is 0 Å². The third-order valence-corrected chi connectivity index (χ3v) is 5.62. The molecular weight excluding hydrogens is 354 g/mol. The molecule has 1 atom stereocenters. The Morgan fingerprint density at radius 2 is 1.85 bits per heavy atom. The molecule has 0 unspecified atom stereocenters. The minimum Gasteiger partial charge on any atom is -0.357 e. The van der Waals surface area contributed by atoms with Gasteiger partial charge in [0.2, 0.25) is 21.8 Å². The number of sulfonamides is 1. The predicted molar refractivity (Wildman–Crippen MR) is 97.0 cm³/mol. The highest BCUT2D eigenvalue weighted by Crippen LogP contribution is 2.26. The molecule has 7 nitrogen and oxygen atoms in total. The van der Waals surface area contributed by atoms with E-state index in [9.17, 15) is 18.0 Å². The summed E-state index contributed by atoms with van der Waals surface area (Å²) in [7, 11) is -2.48. The molecule has 0 aliphatic carbocycles. The van der Waals surface area contributed by atoms with Gasteiger partial charge < -0.3 is 10.6 Å². The van der Waals surface area contributed by atoms with Gasteiger partial charge in [0.25, 0.3) is 0 Å². The largest absolute Gasteiger partial charge is 0.357 e. The van der Waals surface area contributed by atoms with E-state index in [1.54, 1.807) is 36.4 Å². The van der Waals surface area contributed by atoms with Gasteiger partial charge in [-0.2, -0.15) is 4.72 Å². The van der Waals surface area contributed by atoms with Crippen LogP contribution in [-0.2, 0) is 26.0 Å². The maximum atomic E-state index is 12.8. The van der Waals surface area contributed by atoms with Crippen LogP contribution in [0.4, 0.5) is 5.69 Å². The number of carbonyl (C=O) groups excluding carboxylic acids is 2. The lowest BCUT2D eigenvalue weighted by Gasteiger charge is -2.20. The van der Waals surface area contributed by atoms with Crippen LogP contribution in [0.3, 0.4) is 0 Å². The van der Waals surface area contributed by atoms with Gasteiger partial charge in [0.1, 0.15) is 6.04 Å². The van der Waals surface area contributed by atoms with Gasteiger partial charge in [-0.3, -0.25) is 9.59 Å². The number of rotatable bonds is 5. The average molecular weight is 373 g/mol. The quantitative estimate of drug-likeness (QED) is 0.735. The summed E-state index contributed by atoms with van der Waals surface area (Å²) < 4.78 is 28.1. The first-order chi connectivity index (χ1) is 12.4. The van der Waals surface area contributed by atoms with Crippen LogP contribution in [0, 0.1) is 0 Å². The second kappa shape index (κ2) is 7.27. The normalized spacial score (nSPS) is 14.9. The molecule has 0 fully saturated rings. The van der Waals surface area contributed by atoms with Crippen molar-refractivity contribution in [1.82, 2.24) is 10.0 Å². The van der Waals surface area contributed by atoms with Gasteiger partial charge in [-0.05, 0) is 35.7 Å². The van der Waals surface area contributed by atoms with Gasteiger partial charge in [0.05, 0.1) is 4.90 Å². The van der Waals surface area contributed by atoms with Crippen LogP contribution in [-0.4, -0.2) is 27.3 Å². The van der Waals surface area contributed by atoms with Crippen LogP contribution in [0.25, 0.3) is 0 Å². The molecule has 0 saturated carbocycles. The number of benzene rings is 2. The molecular formula is C18H19N3O4S. The second-order valence-corrected chi connectivity index (χ2v) is 7.66. The molecule has 0 bridgehead atoms. The van der Waals surface area contributed by atoms with E-state index in [1.807, 2.05) is 0 Å². The fourth-order valence-electron chi connectivity index (χ4n) is 2.81. The lowest BCUT2D eigenvalue weighted by Crippen LogP contribution is -2.39. The monoisotopic (exact) mass is 373 g/mol. The van der Waals surface area contributed by atoms with Crippen molar-refractivity contribution < 1.29 is 18.0 Å². The molecule has 0 saturated heterocycles. The van der Waals surface area contributed by atoms with Crippen molar-refractivity contribution >= 4 is 27.5 Å². The summed E-state index contributed by atoms with van der Waals surface area (Å²) in [6, 6.07) is 12.1. The number of anilines is 1. The zero-order chi connectivity index (χ0) is 18.7. The molecule has 2 aromatic rings. The molecule has 3 N–H and O–H groups in total. The number of aryl methyl sites for hydroxylation is 1. The minimum absolute atomic E-state index is 0.0530. The minimum atomic E-state index is -3.93. The summed E-state index contributed by atoms with van der Waals surface area (Å²) in [6.45, 7) is 0. The lowest BCUT2D eigenvalue weighted by atomic mass is 10.0. The summed E-state index contributed by atoms with van der Waals surface area (Å²) in [5, 5.41) is 5.19. The highest BCUT2D eigenvalue weighted by Gasteiger charge is 2.27. The zero-order valence-electron chi connectivity index (χ0n) is 14.2. The number of carbonyl (C=O) groups is 2. The molecule has 1 aliphatic heterocycles. The smallest absolute Gasteiger partial charge is 0.242 e. The summed E-state index contributed by atoms with van der Waals surface area (Å²) in [5.74, 6) is -0.542. The third kappa shape index (κ3) is 3.76. The fraction of sp³-hybridized carbons (Fsp3) is 0.222. The van der Waals surface area contributed by atoms with Crippen LogP contribution in [0.15, 0.2) is 53.4 Å². The number of likely N-dealkylation sites (N-methyl/N-ethyl adjacent to an activating group) is 1. The summed E-state index contributed by atoms with van der Waals surface area (Å²) in [5.41, 5.74) is 1.91. The fourth-order valence-corrected chi connectivity index (χ4v) is 4.05. The van der Waals surface area contributed by atoms with Crippen LogP contribution < -0.4 is 15.4 Å². The molecule has 26 heavy (non-hydrogen) atoms. The van der Waals surface area contributed by atoms with Crippen molar-refractivity contribution in [2.45, 2.75) is 23.8 Å². The molecule has 0 spiro atoms. The van der Waals surface area contributed by atoms with E-state index in [4.69, 9.17) is 0 Å². The van der Waals surface area contributed by atoms with Crippen molar-refractivity contribution in [3.63, 3.8) is 0 Å². The first kappa shape index (κ1) is 18.1. The lowest BCUT2D eigenvalue weighted by molar-refractivity contribution is -0.122. The zero-order valence-corrected chi connectivity index (χ0v) is 15.0. The molecule has 3 rings (SSSR count). The highest BCUT2D eigenvalue weighted by atomic mass is 32.2. The Morgan fingerprint density at radius 1 is 1.12 bits per heavy atom. The average Bonchev–Trinajstić information content (AvgIpc) is 2.65. The Hall–Kier alpha value is -2.71. The Labute approximate surface area is 151 Å². The second-order valence-electron chi connectivity index (χ2n) is 5.95. The molecule has 8 heteroatoms. The Balaban J connectivity index is 1.92. The molecule has 2 aromatic carbocycles. The highest BCUT2D eigenvalue weighted by molar-refractivity contribution is 7.89. The van der Waals surface area contributed by atoms with Crippen molar-refractivity contribution in [2.24, 2.45) is 0 Å². The standard InChI is InChI=1S/C18H19N3O4S/c1-19-18(23)17(12-5-3-2-4-6-12)21-26(24,25)14-8-9-15-13(11-14)7-10-16(22)20-15/h2-6,8-9,11,17,21H,7,10H2,1H3,(H,19,23)(H,20,22)/t17-/m0/s1. The molecule has 136 valence electrons. The van der Waals surface area contributed by atoms with Crippen LogP contribution in [0.1, 0.15) is 23.6 Å². The molecule has 0 aromatic heterocycles. The van der Waals surface area contributed by atoms with E-state index in [-0.39, 0.29) is 10.8 Å². The van der Waals surface area contributed by atoms with E-state index in [2.05, 4.69) is 15.4 Å². The van der Waals surface area contributed by atoms with E-state index in [0.717, 1.165) is 5.56 Å². The first-order valence-corrected chi connectivity index (χ1v) is 9.60. The summed E-state index contributed by atoms with van der Waals surface area (Å²) >= 11 is 0. The molecule has 2 amide bonds. The van der Waals surface area contributed by atoms with Gasteiger partial charge in [-0.1, -0.05) is 30.3 Å². The summed E-state index contributed by atoms with van der Waals surface area (Å²) in [4.78, 5) is 23.7. The van der Waals surface area contributed by atoms with Crippen LogP contribution in [0.5, 0.6) is 0 Å². The Bertz CT molecular complexity index is 942. The SMILES string of the molecule is CNC(=O)[C@@H](NS(=O)(=O)c1ccc2c(c1)CCC(=O)N2)c1ccccc1. The van der Waals surface area contributed by atoms with Gasteiger partial charge >= 0.3 is 0 Å². The molecule has 0 radical (unpaired) electrons. The van der Waals surface area contributed by atoms with Crippen LogP contribution in [0.2, 0.25) is 0 Å². The maximum Gasteiger partial charge on any atom is 0.242 e. The molecule has 1 heterocycles. The van der Waals surface area contributed by atoms with E-state index in [1.165, 1.54) is 19.2 Å². The third-order valence-electron chi connectivity index (χ3n) is 4.20. The number of fused-ring (bicyclic) bond motifs is 1. The maximum absolute atomic E-state index is 12.8. The van der Waals surface area contributed by atoms with E-state index < -0.39 is 22.0 Å². The predicted octanol–water partition coefficient (Wildman–Crippen LogP) is 1.34.